The van der Waals surface area contributed by atoms with Crippen LogP contribution in [0, 0.1) is 13.8 Å². The summed E-state index contributed by atoms with van der Waals surface area (Å²) in [6.45, 7) is 6.99. The second-order valence-electron chi connectivity index (χ2n) is 4.71. The van der Waals surface area contributed by atoms with Gasteiger partial charge in [0.05, 0.1) is 5.39 Å². The topological polar surface area (TPSA) is 54.9 Å². The normalized spacial score (nSPS) is 14.5. The highest BCUT2D eigenvalue weighted by atomic mass is 32.2. The van der Waals surface area contributed by atoms with Gasteiger partial charge < -0.3 is 5.32 Å². The van der Waals surface area contributed by atoms with Gasteiger partial charge in [0.25, 0.3) is 0 Å². The molecule has 2 atom stereocenters. The Morgan fingerprint density at radius 3 is 2.84 bits per heavy atom. The van der Waals surface area contributed by atoms with E-state index in [-0.39, 0.29) is 5.25 Å². The zero-order valence-electron chi connectivity index (χ0n) is 11.7. The van der Waals surface area contributed by atoms with Gasteiger partial charge in [0, 0.05) is 33.7 Å². The summed E-state index contributed by atoms with van der Waals surface area (Å²) < 4.78 is 11.3. The quantitative estimate of drug-likeness (QED) is 0.922. The molecule has 104 valence electrons. The summed E-state index contributed by atoms with van der Waals surface area (Å²) >= 11 is 1.70. The Balaban J connectivity index is 2.15. The van der Waals surface area contributed by atoms with E-state index in [1.54, 1.807) is 23.9 Å². The molecule has 0 aliphatic rings. The third-order valence-electron chi connectivity index (χ3n) is 3.38. The van der Waals surface area contributed by atoms with Gasteiger partial charge in [-0.3, -0.25) is 4.21 Å². The molecule has 0 amide bonds. The molecule has 19 heavy (non-hydrogen) atoms. The fourth-order valence-corrected chi connectivity index (χ4v) is 3.32. The lowest BCUT2D eigenvalue weighted by atomic mass is 10.2. The molecule has 0 saturated heterocycles. The number of hydrogen-bond acceptors (Lipinski definition) is 5. The number of aromatic nitrogens is 2. The van der Waals surface area contributed by atoms with Gasteiger partial charge in [-0.05, 0) is 25.8 Å². The number of aryl methyl sites for hydroxylation is 2. The van der Waals surface area contributed by atoms with Crippen molar-refractivity contribution in [3.63, 3.8) is 0 Å². The first-order chi connectivity index (χ1) is 9.00. The zero-order valence-corrected chi connectivity index (χ0v) is 13.3. The van der Waals surface area contributed by atoms with Crippen LogP contribution in [0.4, 0.5) is 5.82 Å². The van der Waals surface area contributed by atoms with E-state index in [0.717, 1.165) is 29.0 Å². The molecule has 0 radical (unpaired) electrons. The molecule has 2 heterocycles. The average Bonchev–Trinajstić information content (AvgIpc) is 2.66. The lowest BCUT2D eigenvalue weighted by molar-refractivity contribution is 0.672. The summed E-state index contributed by atoms with van der Waals surface area (Å²) in [4.78, 5) is 11.0. The van der Waals surface area contributed by atoms with Crippen LogP contribution in [0.5, 0.6) is 0 Å². The van der Waals surface area contributed by atoms with Gasteiger partial charge in [-0.15, -0.1) is 11.3 Å². The third-order valence-corrected chi connectivity index (χ3v) is 5.86. The summed E-state index contributed by atoms with van der Waals surface area (Å²) in [7, 11) is -0.766. The molecule has 6 heteroatoms. The number of rotatable bonds is 5. The Kier molecular flexibility index (Phi) is 4.52. The van der Waals surface area contributed by atoms with E-state index in [2.05, 4.69) is 29.1 Å². The van der Waals surface area contributed by atoms with Crippen LogP contribution >= 0.6 is 11.3 Å². The van der Waals surface area contributed by atoms with E-state index in [1.807, 2.05) is 6.92 Å². The van der Waals surface area contributed by atoms with Gasteiger partial charge in [-0.25, -0.2) is 9.97 Å². The number of hydrogen-bond donors (Lipinski definition) is 1. The summed E-state index contributed by atoms with van der Waals surface area (Å²) in [6.07, 6.45) is 4.22. The predicted octanol–water partition coefficient (Wildman–Crippen LogP) is 2.88. The predicted molar refractivity (Wildman–Crippen MR) is 83.5 cm³/mol. The third kappa shape index (κ3) is 3.12. The van der Waals surface area contributed by atoms with Crippen molar-refractivity contribution < 1.29 is 4.21 Å². The van der Waals surface area contributed by atoms with Crippen molar-refractivity contribution >= 4 is 38.2 Å². The molecule has 4 nitrogen and oxygen atoms in total. The largest absolute Gasteiger partial charge is 0.369 e. The van der Waals surface area contributed by atoms with Crippen molar-refractivity contribution in [1.29, 1.82) is 0 Å². The van der Waals surface area contributed by atoms with Crippen LogP contribution in [0.2, 0.25) is 0 Å². The van der Waals surface area contributed by atoms with Crippen molar-refractivity contribution in [1.82, 2.24) is 9.97 Å². The van der Waals surface area contributed by atoms with E-state index in [1.165, 1.54) is 10.4 Å². The van der Waals surface area contributed by atoms with Crippen molar-refractivity contribution in [2.24, 2.45) is 0 Å². The molecule has 1 N–H and O–H groups in total. The molecule has 2 aromatic heterocycles. The van der Waals surface area contributed by atoms with Gasteiger partial charge in [-0.1, -0.05) is 6.92 Å². The van der Waals surface area contributed by atoms with Crippen LogP contribution in [0.25, 0.3) is 10.2 Å². The smallest absolute Gasteiger partial charge is 0.138 e. The molecule has 0 bridgehead atoms. The van der Waals surface area contributed by atoms with Gasteiger partial charge in [0.15, 0.2) is 0 Å². The maximum absolute atomic E-state index is 11.3. The Hall–Kier alpha value is -1.01. The molecule has 0 saturated carbocycles. The minimum Gasteiger partial charge on any atom is -0.369 e. The Labute approximate surface area is 120 Å². The van der Waals surface area contributed by atoms with E-state index in [4.69, 9.17) is 0 Å². The molecule has 0 aromatic carbocycles. The molecule has 2 unspecified atom stereocenters. The van der Waals surface area contributed by atoms with E-state index < -0.39 is 10.8 Å². The maximum Gasteiger partial charge on any atom is 0.138 e. The number of nitrogens with zero attached hydrogens (tertiary/aromatic N) is 2. The number of thiophene rings is 1. The lowest BCUT2D eigenvalue weighted by Gasteiger charge is -2.10. The summed E-state index contributed by atoms with van der Waals surface area (Å²) in [5.74, 6) is 0.890. The molecule has 2 aromatic rings. The first-order valence-electron chi connectivity index (χ1n) is 6.27. The fraction of sp³-hybridized carbons (Fsp3) is 0.538. The van der Waals surface area contributed by atoms with Crippen molar-refractivity contribution in [2.45, 2.75) is 32.4 Å². The Morgan fingerprint density at radius 2 is 2.16 bits per heavy atom. The molecule has 0 aliphatic heterocycles. The van der Waals surface area contributed by atoms with E-state index in [0.29, 0.717) is 0 Å². The summed E-state index contributed by atoms with van der Waals surface area (Å²) in [5, 5.41) is 4.67. The Morgan fingerprint density at radius 1 is 1.42 bits per heavy atom. The summed E-state index contributed by atoms with van der Waals surface area (Å²) in [6, 6.07) is 0. The van der Waals surface area contributed by atoms with Gasteiger partial charge >= 0.3 is 0 Å². The van der Waals surface area contributed by atoms with Crippen LogP contribution < -0.4 is 5.32 Å². The monoisotopic (exact) mass is 297 g/mol. The van der Waals surface area contributed by atoms with Crippen molar-refractivity contribution in [3.05, 3.63) is 16.8 Å². The SMILES string of the molecule is Cc1sc2ncnc(NCCC(C)S(C)=O)c2c1C. The zero-order chi connectivity index (χ0) is 14.0. The number of fused-ring (bicyclic) bond motifs is 1. The minimum atomic E-state index is -0.766. The van der Waals surface area contributed by atoms with Crippen molar-refractivity contribution in [2.75, 3.05) is 18.1 Å². The Bertz CT molecular complexity index is 609. The summed E-state index contributed by atoms with van der Waals surface area (Å²) in [5.41, 5.74) is 1.25. The highest BCUT2D eigenvalue weighted by molar-refractivity contribution is 7.84. The number of nitrogens with one attached hydrogen (secondary N) is 1. The van der Waals surface area contributed by atoms with Crippen LogP contribution in [0.3, 0.4) is 0 Å². The van der Waals surface area contributed by atoms with Gasteiger partial charge in [0.1, 0.15) is 17.0 Å². The van der Waals surface area contributed by atoms with Crippen LogP contribution in [0.1, 0.15) is 23.8 Å². The molecule has 0 aliphatic carbocycles. The molecular weight excluding hydrogens is 278 g/mol. The molecule has 2 rings (SSSR count). The second-order valence-corrected chi connectivity index (χ2v) is 7.72. The van der Waals surface area contributed by atoms with Crippen LogP contribution in [-0.4, -0.2) is 32.2 Å². The average molecular weight is 297 g/mol. The van der Waals surface area contributed by atoms with Crippen LogP contribution in [0.15, 0.2) is 6.33 Å². The van der Waals surface area contributed by atoms with E-state index in [9.17, 15) is 4.21 Å². The minimum absolute atomic E-state index is 0.204. The molecular formula is C13H19N3OS2. The first-order valence-corrected chi connectivity index (χ1v) is 8.71. The maximum atomic E-state index is 11.3. The second kappa shape index (κ2) is 5.96. The highest BCUT2D eigenvalue weighted by Crippen LogP contribution is 2.32. The molecule has 0 spiro atoms. The first kappa shape index (κ1) is 14.4. The lowest BCUT2D eigenvalue weighted by Crippen LogP contribution is -2.15. The van der Waals surface area contributed by atoms with Crippen molar-refractivity contribution in [3.8, 4) is 0 Å². The fourth-order valence-electron chi connectivity index (χ4n) is 1.88. The highest BCUT2D eigenvalue weighted by Gasteiger charge is 2.12. The van der Waals surface area contributed by atoms with Gasteiger partial charge in [-0.2, -0.15) is 0 Å². The van der Waals surface area contributed by atoms with E-state index >= 15 is 0 Å². The van der Waals surface area contributed by atoms with Gasteiger partial charge in [0.2, 0.25) is 0 Å². The standard InChI is InChI=1S/C13H19N3OS2/c1-8(19(4)17)5-6-14-12-11-9(2)10(3)18-13(11)16-7-15-12/h7-8H,5-6H2,1-4H3,(H,14,15,16). The van der Waals surface area contributed by atoms with Crippen LogP contribution in [-0.2, 0) is 10.8 Å². The number of anilines is 1. The molecule has 0 fully saturated rings.